The Hall–Kier alpha value is -5.49. The Morgan fingerprint density at radius 2 is 0.506 bits per heavy atom. The number of carbonyl (C=O) groups excluding carboxylic acids is 3. The molecule has 79 heavy (non-hydrogen) atoms. The van der Waals surface area contributed by atoms with Crippen molar-refractivity contribution in [2.75, 3.05) is 13.2 Å². The van der Waals surface area contributed by atoms with Crippen molar-refractivity contribution in [3.63, 3.8) is 0 Å². The molecule has 6 heteroatoms. The van der Waals surface area contributed by atoms with E-state index in [1.54, 1.807) is 6.08 Å². The van der Waals surface area contributed by atoms with Crippen LogP contribution in [0.2, 0.25) is 0 Å². The number of carbonyl (C=O) groups is 3. The van der Waals surface area contributed by atoms with E-state index in [9.17, 15) is 14.4 Å². The van der Waals surface area contributed by atoms with Gasteiger partial charge in [-0.3, -0.25) is 14.4 Å². The first-order valence-corrected chi connectivity index (χ1v) is 31.3. The smallest absolute Gasteiger partial charge is 0.309 e. The summed E-state index contributed by atoms with van der Waals surface area (Å²) in [4.78, 5) is 38.3. The molecule has 0 aromatic carbocycles. The van der Waals surface area contributed by atoms with Gasteiger partial charge in [-0.2, -0.15) is 0 Å². The Kier molecular flexibility index (Phi) is 60.5. The molecule has 0 spiro atoms. The topological polar surface area (TPSA) is 78.9 Å². The minimum atomic E-state index is -0.841. The van der Waals surface area contributed by atoms with Crippen LogP contribution in [0.15, 0.2) is 182 Å². The molecule has 6 nitrogen and oxygen atoms in total. The van der Waals surface area contributed by atoms with E-state index in [0.717, 1.165) is 161 Å². The second-order valence-electron chi connectivity index (χ2n) is 19.8. The lowest BCUT2D eigenvalue weighted by Crippen LogP contribution is -2.30. The lowest BCUT2D eigenvalue weighted by atomic mass is 10.1. The number of esters is 3. The molecule has 0 aliphatic rings. The Morgan fingerprint density at radius 3 is 0.823 bits per heavy atom. The summed E-state index contributed by atoms with van der Waals surface area (Å²) in [5.74, 6) is -1.09. The summed E-state index contributed by atoms with van der Waals surface area (Å²) in [6.07, 6.45) is 97.7. The van der Waals surface area contributed by atoms with Crippen LogP contribution in [0.3, 0.4) is 0 Å². The third-order valence-electron chi connectivity index (χ3n) is 12.4. The van der Waals surface area contributed by atoms with Gasteiger partial charge in [-0.25, -0.2) is 0 Å². The Morgan fingerprint density at radius 1 is 0.266 bits per heavy atom. The highest BCUT2D eigenvalue weighted by atomic mass is 16.6. The monoisotopic (exact) mass is 1080 g/mol. The van der Waals surface area contributed by atoms with E-state index in [0.29, 0.717) is 6.42 Å². The van der Waals surface area contributed by atoms with Crippen molar-refractivity contribution in [1.29, 1.82) is 0 Å². The number of rotatable bonds is 54. The van der Waals surface area contributed by atoms with E-state index in [-0.39, 0.29) is 38.0 Å². The summed E-state index contributed by atoms with van der Waals surface area (Å²) < 4.78 is 16.8. The quantitative estimate of drug-likeness (QED) is 0.0261. The molecule has 0 amide bonds. The molecule has 0 rings (SSSR count). The number of ether oxygens (including phenoxy) is 3. The summed E-state index contributed by atoms with van der Waals surface area (Å²) in [6, 6.07) is 0. The van der Waals surface area contributed by atoms with Crippen molar-refractivity contribution in [2.24, 2.45) is 0 Å². The maximum absolute atomic E-state index is 12.9. The highest BCUT2D eigenvalue weighted by molar-refractivity contribution is 5.72. The zero-order valence-corrected chi connectivity index (χ0v) is 50.3. The van der Waals surface area contributed by atoms with Crippen molar-refractivity contribution < 1.29 is 28.6 Å². The molecular weight excluding hydrogens is 973 g/mol. The van der Waals surface area contributed by atoms with Crippen LogP contribution >= 0.6 is 0 Å². The van der Waals surface area contributed by atoms with Crippen LogP contribution in [0.1, 0.15) is 239 Å². The summed E-state index contributed by atoms with van der Waals surface area (Å²) in [5.41, 5.74) is 0. The standard InChI is InChI=1S/C73H112O6/c1-4-7-10-13-16-19-22-25-28-30-32-34-35-36-37-39-40-42-45-48-51-54-57-60-63-66-72(75)78-69-70(68-77-71(74)65-62-59-56-53-50-47-44-27-24-21-18-15-12-9-6-3)79-73(76)67-64-61-58-55-52-49-46-43-41-38-33-31-29-26-23-20-17-14-11-8-5-2/h7-12,16-21,25-29,32-34,36-38,40,42,44,50,53,59,62,70H,4-6,13-15,22-24,30-31,35,39,41,43,45-49,51-52,54-58,60-61,63-69H2,1-3H3/b10-7-,11-8-,12-9-,19-16-,20-17-,21-18-,28-25-,29-26-,34-32-,37-36-,38-33-,42-40-,44-27-,53-50-,62-59-. The van der Waals surface area contributed by atoms with Crippen LogP contribution in [0.4, 0.5) is 0 Å². The first-order valence-electron chi connectivity index (χ1n) is 31.3. The van der Waals surface area contributed by atoms with Crippen LogP contribution in [0, 0.1) is 0 Å². The van der Waals surface area contributed by atoms with E-state index >= 15 is 0 Å². The van der Waals surface area contributed by atoms with Crippen LogP contribution < -0.4 is 0 Å². The molecule has 0 aromatic heterocycles. The van der Waals surface area contributed by atoms with Gasteiger partial charge >= 0.3 is 17.9 Å². The molecular formula is C73H112O6. The molecule has 0 aromatic rings. The lowest BCUT2D eigenvalue weighted by Gasteiger charge is -2.18. The highest BCUT2D eigenvalue weighted by Crippen LogP contribution is 2.14. The molecule has 0 radical (unpaired) electrons. The summed E-state index contributed by atoms with van der Waals surface area (Å²) in [6.45, 7) is 6.18. The van der Waals surface area contributed by atoms with Gasteiger partial charge < -0.3 is 14.2 Å². The predicted octanol–water partition coefficient (Wildman–Crippen LogP) is 21.7. The van der Waals surface area contributed by atoms with Crippen LogP contribution in [-0.2, 0) is 28.6 Å². The van der Waals surface area contributed by atoms with Gasteiger partial charge in [0.15, 0.2) is 6.10 Å². The molecule has 0 N–H and O–H groups in total. The van der Waals surface area contributed by atoms with E-state index in [1.807, 2.05) is 6.08 Å². The van der Waals surface area contributed by atoms with E-state index in [2.05, 4.69) is 191 Å². The van der Waals surface area contributed by atoms with Gasteiger partial charge in [0.25, 0.3) is 0 Å². The molecule has 1 unspecified atom stereocenters. The molecule has 0 aliphatic carbocycles. The third kappa shape index (κ3) is 63.2. The van der Waals surface area contributed by atoms with Gasteiger partial charge in [-0.05, 0) is 135 Å². The van der Waals surface area contributed by atoms with Crippen molar-refractivity contribution in [1.82, 2.24) is 0 Å². The van der Waals surface area contributed by atoms with Gasteiger partial charge in [0.1, 0.15) is 13.2 Å². The van der Waals surface area contributed by atoms with Crippen LogP contribution in [0.25, 0.3) is 0 Å². The minimum absolute atomic E-state index is 0.113. The fourth-order valence-corrected chi connectivity index (χ4v) is 7.86. The van der Waals surface area contributed by atoms with Crippen molar-refractivity contribution in [2.45, 2.75) is 245 Å². The lowest BCUT2D eigenvalue weighted by molar-refractivity contribution is -0.166. The van der Waals surface area contributed by atoms with Gasteiger partial charge in [-0.15, -0.1) is 0 Å². The minimum Gasteiger partial charge on any atom is -0.462 e. The highest BCUT2D eigenvalue weighted by Gasteiger charge is 2.19. The second kappa shape index (κ2) is 65.0. The number of allylic oxidation sites excluding steroid dienone is 29. The fourth-order valence-electron chi connectivity index (χ4n) is 7.86. The number of unbranched alkanes of at least 4 members (excludes halogenated alkanes) is 14. The molecule has 0 saturated heterocycles. The summed E-state index contributed by atoms with van der Waals surface area (Å²) in [5, 5.41) is 0. The Labute approximate surface area is 484 Å². The predicted molar refractivity (Wildman–Crippen MR) is 343 cm³/mol. The largest absolute Gasteiger partial charge is 0.462 e. The van der Waals surface area contributed by atoms with Gasteiger partial charge in [0.2, 0.25) is 0 Å². The average molecular weight is 1090 g/mol. The molecule has 0 bridgehead atoms. The third-order valence-corrected chi connectivity index (χ3v) is 12.4. The number of hydrogen-bond donors (Lipinski definition) is 0. The first-order chi connectivity index (χ1) is 39.0. The van der Waals surface area contributed by atoms with Crippen molar-refractivity contribution in [3.8, 4) is 0 Å². The fraction of sp³-hybridized carbons (Fsp3) is 0.548. The SMILES string of the molecule is CC/C=C\C/C=C\C/C=C\C/C=C\C/C=C\C/C=C\CCCCCCCCC(=O)OCC(COC(=O)C/C=C\C/C=C\C/C=C\C/C=C\C/C=C\CC)OC(=O)CCCCCCCCCC/C=C\C/C=C\C/C=C\C/C=C\CC. The Bertz CT molecular complexity index is 1870. The van der Waals surface area contributed by atoms with Crippen molar-refractivity contribution >= 4 is 17.9 Å². The van der Waals surface area contributed by atoms with E-state index in [4.69, 9.17) is 14.2 Å². The normalized spacial score (nSPS) is 13.4. The summed E-state index contributed by atoms with van der Waals surface area (Å²) in [7, 11) is 0. The molecule has 1 atom stereocenters. The van der Waals surface area contributed by atoms with Gasteiger partial charge in [0.05, 0.1) is 6.42 Å². The molecule has 0 fully saturated rings. The maximum Gasteiger partial charge on any atom is 0.309 e. The number of hydrogen-bond acceptors (Lipinski definition) is 6. The second-order valence-corrected chi connectivity index (χ2v) is 19.8. The van der Waals surface area contributed by atoms with Crippen molar-refractivity contribution in [3.05, 3.63) is 182 Å². The molecule has 0 aliphatic heterocycles. The maximum atomic E-state index is 12.9. The average Bonchev–Trinajstić information content (AvgIpc) is 3.45. The summed E-state index contributed by atoms with van der Waals surface area (Å²) >= 11 is 0. The van der Waals surface area contributed by atoms with E-state index in [1.165, 1.54) is 38.5 Å². The molecule has 440 valence electrons. The van der Waals surface area contributed by atoms with Crippen LogP contribution in [0.5, 0.6) is 0 Å². The molecule has 0 saturated carbocycles. The van der Waals surface area contributed by atoms with E-state index < -0.39 is 12.1 Å². The van der Waals surface area contributed by atoms with Crippen LogP contribution in [-0.4, -0.2) is 37.2 Å². The zero-order valence-electron chi connectivity index (χ0n) is 50.3. The Balaban J connectivity index is 4.53. The van der Waals surface area contributed by atoms with Gasteiger partial charge in [0, 0.05) is 12.8 Å². The van der Waals surface area contributed by atoms with Gasteiger partial charge in [-0.1, -0.05) is 267 Å². The zero-order chi connectivity index (χ0) is 57.1. The molecule has 0 heterocycles. The first kappa shape index (κ1) is 73.5.